The molecule has 0 aliphatic carbocycles. The van der Waals surface area contributed by atoms with Crippen LogP contribution >= 0.6 is 0 Å². The number of carbonyl (C=O) groups is 4. The van der Waals surface area contributed by atoms with Crippen LogP contribution in [0.15, 0.2) is 0 Å². The van der Waals surface area contributed by atoms with Crippen molar-refractivity contribution >= 4 is 23.9 Å². The SMILES string of the molecule is CCCCCC(CCCCC)CCCOC(=O)C(C)(C)CCCCCCNCCCCCCC(C)(C)C(=O)OCCCC(CCCCC)CCCCCCCCCCC(CCCCC)CCCOC(=O)C(C)(C)CCCCCCN(CCN)CCCCCCC(C)(C)C(=O)OCCCC(CCCCC)CCCCC. The minimum Gasteiger partial charge on any atom is -0.465 e. The zero-order valence-corrected chi connectivity index (χ0v) is 76.0. The van der Waals surface area contributed by atoms with E-state index in [4.69, 9.17) is 24.7 Å². The Morgan fingerprint density at radius 1 is 0.257 bits per heavy atom. The van der Waals surface area contributed by atoms with Gasteiger partial charge in [-0.05, 0) is 208 Å². The van der Waals surface area contributed by atoms with Crippen molar-refractivity contribution in [2.24, 2.45) is 51.1 Å². The normalized spacial score (nSPS) is 13.0. The molecule has 2 atom stereocenters. The van der Waals surface area contributed by atoms with Gasteiger partial charge in [0.25, 0.3) is 0 Å². The molecule has 648 valence electrons. The predicted molar refractivity (Wildman–Crippen MR) is 472 cm³/mol. The third-order valence-corrected chi connectivity index (χ3v) is 24.7. The van der Waals surface area contributed by atoms with Gasteiger partial charge in [0.15, 0.2) is 0 Å². The molecule has 0 saturated carbocycles. The van der Waals surface area contributed by atoms with E-state index in [2.05, 4.69) is 107 Å². The lowest BCUT2D eigenvalue weighted by molar-refractivity contribution is -0.155. The molecule has 0 aromatic rings. The van der Waals surface area contributed by atoms with Crippen LogP contribution in [0.5, 0.6) is 0 Å². The highest BCUT2D eigenvalue weighted by atomic mass is 16.5. The molecule has 0 amide bonds. The average molecular weight is 1540 g/mol. The van der Waals surface area contributed by atoms with Gasteiger partial charge in [-0.2, -0.15) is 0 Å². The van der Waals surface area contributed by atoms with Crippen LogP contribution in [0.3, 0.4) is 0 Å². The van der Waals surface area contributed by atoms with Gasteiger partial charge in [-0.15, -0.1) is 0 Å². The third kappa shape index (κ3) is 63.6. The largest absolute Gasteiger partial charge is 0.465 e. The van der Waals surface area contributed by atoms with Gasteiger partial charge in [-0.1, -0.05) is 337 Å². The van der Waals surface area contributed by atoms with Crippen molar-refractivity contribution in [3.05, 3.63) is 0 Å². The number of carbonyl (C=O) groups excluding carboxylic acids is 4. The molecule has 2 unspecified atom stereocenters. The Labute approximate surface area is 680 Å². The van der Waals surface area contributed by atoms with E-state index in [9.17, 15) is 19.2 Å². The summed E-state index contributed by atoms with van der Waals surface area (Å²) in [6.07, 6.45) is 75.3. The van der Waals surface area contributed by atoms with E-state index >= 15 is 0 Å². The van der Waals surface area contributed by atoms with E-state index in [1.54, 1.807) is 0 Å². The molecule has 0 aromatic carbocycles. The number of rotatable bonds is 85. The van der Waals surface area contributed by atoms with Gasteiger partial charge in [0, 0.05) is 13.1 Å². The van der Waals surface area contributed by atoms with E-state index in [1.807, 2.05) is 0 Å². The monoisotopic (exact) mass is 1540 g/mol. The second-order valence-electron chi connectivity index (χ2n) is 37.5. The Kier molecular flexibility index (Phi) is 71.9. The molecule has 11 heteroatoms. The van der Waals surface area contributed by atoms with Crippen LogP contribution in [-0.2, 0) is 38.1 Å². The number of nitrogens with zero attached hydrogens (tertiary/aromatic N) is 1. The fourth-order valence-corrected chi connectivity index (χ4v) is 16.6. The van der Waals surface area contributed by atoms with Crippen LogP contribution < -0.4 is 11.1 Å². The van der Waals surface area contributed by atoms with Crippen molar-refractivity contribution < 1.29 is 38.1 Å². The quantitative estimate of drug-likeness (QED) is 0.0341. The molecule has 109 heavy (non-hydrogen) atoms. The number of nitrogens with one attached hydrogen (secondary N) is 1. The Bertz CT molecular complexity index is 2000. The van der Waals surface area contributed by atoms with Gasteiger partial charge in [-0.25, -0.2) is 0 Å². The average Bonchev–Trinajstić information content (AvgIpc) is 0.905. The molecule has 11 nitrogen and oxygen atoms in total. The lowest BCUT2D eigenvalue weighted by Crippen LogP contribution is -2.31. The van der Waals surface area contributed by atoms with E-state index < -0.39 is 21.7 Å². The van der Waals surface area contributed by atoms with Gasteiger partial charge < -0.3 is 34.9 Å². The summed E-state index contributed by atoms with van der Waals surface area (Å²) in [5.41, 5.74) is 4.34. The fraction of sp³-hybridized carbons (Fsp3) is 0.959. The number of ether oxygens (including phenoxy) is 4. The van der Waals surface area contributed by atoms with Crippen LogP contribution in [0.4, 0.5) is 0 Å². The maximum Gasteiger partial charge on any atom is 0.311 e. The molecule has 0 bridgehead atoms. The van der Waals surface area contributed by atoms with Gasteiger partial charge in [0.2, 0.25) is 0 Å². The predicted octanol–water partition coefficient (Wildman–Crippen LogP) is 28.9. The Morgan fingerprint density at radius 3 is 0.679 bits per heavy atom. The molecule has 0 saturated heterocycles. The van der Waals surface area contributed by atoms with E-state index in [-0.39, 0.29) is 23.9 Å². The minimum absolute atomic E-state index is 0.0173. The van der Waals surface area contributed by atoms with Crippen LogP contribution in [0, 0.1) is 45.3 Å². The number of unbranched alkanes of at least 4 members (excludes halogenated alkanes) is 31. The number of hydrogen-bond donors (Lipinski definition) is 2. The van der Waals surface area contributed by atoms with Crippen LogP contribution in [0.25, 0.3) is 0 Å². The first-order chi connectivity index (χ1) is 52.6. The Morgan fingerprint density at radius 2 is 0.450 bits per heavy atom. The standard InChI is InChI=1S/C98H193N3O8/c1-15-21-41-61-87(62-42-22-16-2)69-57-83-106-91(102)95(7,8)73-49-33-37-53-78-100-79-54-38-34-50-74-96(9,10)92(103)108-85-59-71-89(65-45-25-19-5)67-47-31-29-27-28-30-32-48-68-90(66-46-26-20-6)72-60-86-109-94(105)98(13,14)76-52-36-40-56-81-101(82-77-99)80-55-39-35-51-75-97(11,12)93(104)107-84-58-70-88(63-43-23-17-3)64-44-24-18-4/h87-90,100H,15-86,99H2,1-14H3. The van der Waals surface area contributed by atoms with Crippen molar-refractivity contribution in [3.8, 4) is 0 Å². The van der Waals surface area contributed by atoms with Crippen molar-refractivity contribution in [1.29, 1.82) is 0 Å². The summed E-state index contributed by atoms with van der Waals surface area (Å²) in [6, 6.07) is 0. The molecule has 0 radical (unpaired) electrons. The Balaban J connectivity index is 4.34. The lowest BCUT2D eigenvalue weighted by Gasteiger charge is -2.24. The van der Waals surface area contributed by atoms with Gasteiger partial charge in [-0.3, -0.25) is 19.2 Å². The molecule has 0 aliphatic rings. The minimum atomic E-state index is -0.448. The molecular formula is C98H193N3O8. The summed E-state index contributed by atoms with van der Waals surface area (Å²) in [7, 11) is 0. The summed E-state index contributed by atoms with van der Waals surface area (Å²) in [6.45, 7) is 38.5. The summed E-state index contributed by atoms with van der Waals surface area (Å²) in [4.78, 5) is 55.2. The summed E-state index contributed by atoms with van der Waals surface area (Å²) in [5, 5.41) is 3.65. The maximum absolute atomic E-state index is 13.3. The van der Waals surface area contributed by atoms with Gasteiger partial charge in [0.05, 0.1) is 48.1 Å². The van der Waals surface area contributed by atoms with Gasteiger partial charge in [0.1, 0.15) is 0 Å². The summed E-state index contributed by atoms with van der Waals surface area (Å²) in [5.74, 6) is 2.97. The zero-order chi connectivity index (χ0) is 80.6. The topological polar surface area (TPSA) is 146 Å². The van der Waals surface area contributed by atoms with E-state index in [0.29, 0.717) is 33.0 Å². The second kappa shape index (κ2) is 73.4. The number of esters is 4. The van der Waals surface area contributed by atoms with Crippen molar-refractivity contribution in [2.45, 2.75) is 495 Å². The molecule has 0 spiro atoms. The number of nitrogens with two attached hydrogens (primary N) is 1. The van der Waals surface area contributed by atoms with Gasteiger partial charge >= 0.3 is 23.9 Å². The third-order valence-electron chi connectivity index (χ3n) is 24.7. The van der Waals surface area contributed by atoms with Crippen LogP contribution in [0.2, 0.25) is 0 Å². The molecule has 0 aromatic heterocycles. The highest BCUT2D eigenvalue weighted by Gasteiger charge is 2.32. The van der Waals surface area contributed by atoms with Crippen molar-refractivity contribution in [3.63, 3.8) is 0 Å². The fourth-order valence-electron chi connectivity index (χ4n) is 16.6. The molecular weight excluding hydrogens is 1350 g/mol. The molecule has 3 N–H and O–H groups in total. The van der Waals surface area contributed by atoms with Crippen LogP contribution in [-0.4, -0.2) is 94.5 Å². The van der Waals surface area contributed by atoms with E-state index in [0.717, 1.165) is 166 Å². The molecule has 0 rings (SSSR count). The second-order valence-corrected chi connectivity index (χ2v) is 37.5. The van der Waals surface area contributed by atoms with E-state index in [1.165, 1.54) is 289 Å². The number of hydrogen-bond acceptors (Lipinski definition) is 11. The molecule has 0 fully saturated rings. The van der Waals surface area contributed by atoms with Crippen LogP contribution in [0.1, 0.15) is 495 Å². The first-order valence-electron chi connectivity index (χ1n) is 48.4. The highest BCUT2D eigenvalue weighted by molar-refractivity contribution is 5.77. The highest BCUT2D eigenvalue weighted by Crippen LogP contribution is 2.33. The lowest BCUT2D eigenvalue weighted by atomic mass is 9.87. The smallest absolute Gasteiger partial charge is 0.311 e. The first kappa shape index (κ1) is 107. The molecule has 0 aliphatic heterocycles. The van der Waals surface area contributed by atoms with Crippen molar-refractivity contribution in [2.75, 3.05) is 65.7 Å². The zero-order valence-electron chi connectivity index (χ0n) is 76.0. The summed E-state index contributed by atoms with van der Waals surface area (Å²) < 4.78 is 23.6. The summed E-state index contributed by atoms with van der Waals surface area (Å²) >= 11 is 0. The first-order valence-corrected chi connectivity index (χ1v) is 48.4. The molecule has 0 heterocycles. The Hall–Kier alpha value is -2.24. The maximum atomic E-state index is 13.3. The van der Waals surface area contributed by atoms with Crippen molar-refractivity contribution in [1.82, 2.24) is 10.2 Å².